The van der Waals surface area contributed by atoms with Gasteiger partial charge in [-0.1, -0.05) is 12.1 Å². The number of rotatable bonds is 2. The molecule has 0 saturated carbocycles. The average molecular weight is 320 g/mol. The molecule has 1 aliphatic heterocycles. The fourth-order valence-electron chi connectivity index (χ4n) is 3.33. The molecule has 1 N–H and O–H groups in total. The predicted molar refractivity (Wildman–Crippen MR) is 92.9 cm³/mol. The summed E-state index contributed by atoms with van der Waals surface area (Å²) in [4.78, 5) is 27.0. The van der Waals surface area contributed by atoms with Gasteiger partial charge >= 0.3 is 0 Å². The molecular formula is C19H20N4O. The van der Waals surface area contributed by atoms with Crippen molar-refractivity contribution >= 4 is 16.9 Å². The summed E-state index contributed by atoms with van der Waals surface area (Å²) < 4.78 is 0. The van der Waals surface area contributed by atoms with Crippen LogP contribution in [-0.2, 0) is 0 Å². The standard InChI is InChI=1S/C19H20N4O/c1-13-8-9-14(11-20-13)19(24)23-10-4-5-15(12-23)18-21-16-6-2-3-7-17(16)22-18/h2-3,6-9,11,15H,4-5,10,12H2,1H3,(H,21,22). The van der Waals surface area contributed by atoms with Gasteiger partial charge in [-0.3, -0.25) is 9.78 Å². The highest BCUT2D eigenvalue weighted by Crippen LogP contribution is 2.27. The summed E-state index contributed by atoms with van der Waals surface area (Å²) in [5, 5.41) is 0. The average Bonchev–Trinajstić information content (AvgIpc) is 3.06. The maximum atomic E-state index is 12.7. The van der Waals surface area contributed by atoms with Crippen molar-refractivity contribution in [2.75, 3.05) is 13.1 Å². The molecule has 0 bridgehead atoms. The Morgan fingerprint density at radius 1 is 1.25 bits per heavy atom. The number of H-pyrrole nitrogens is 1. The number of benzene rings is 1. The van der Waals surface area contributed by atoms with Crippen LogP contribution in [0, 0.1) is 6.92 Å². The molecule has 0 spiro atoms. The van der Waals surface area contributed by atoms with Crippen molar-refractivity contribution in [3.05, 3.63) is 59.7 Å². The number of carbonyl (C=O) groups excluding carboxylic acids is 1. The van der Waals surface area contributed by atoms with Crippen LogP contribution in [0.1, 0.15) is 40.6 Å². The molecule has 122 valence electrons. The summed E-state index contributed by atoms with van der Waals surface area (Å²) in [6.45, 7) is 3.42. The van der Waals surface area contributed by atoms with Crippen molar-refractivity contribution in [1.82, 2.24) is 19.9 Å². The third-order valence-electron chi connectivity index (χ3n) is 4.66. The Morgan fingerprint density at radius 2 is 2.12 bits per heavy atom. The van der Waals surface area contributed by atoms with Gasteiger partial charge in [-0.05, 0) is 44.0 Å². The van der Waals surface area contributed by atoms with Gasteiger partial charge in [-0.15, -0.1) is 0 Å². The van der Waals surface area contributed by atoms with Crippen LogP contribution >= 0.6 is 0 Å². The minimum Gasteiger partial charge on any atom is -0.342 e. The number of aryl methyl sites for hydroxylation is 1. The van der Waals surface area contributed by atoms with Gasteiger partial charge in [0.2, 0.25) is 0 Å². The first-order chi connectivity index (χ1) is 11.7. The second-order valence-electron chi connectivity index (χ2n) is 6.42. The smallest absolute Gasteiger partial charge is 0.255 e. The number of likely N-dealkylation sites (tertiary alicyclic amines) is 1. The number of carbonyl (C=O) groups is 1. The van der Waals surface area contributed by atoms with E-state index in [0.717, 1.165) is 41.9 Å². The van der Waals surface area contributed by atoms with Gasteiger partial charge in [-0.25, -0.2) is 4.98 Å². The van der Waals surface area contributed by atoms with E-state index in [-0.39, 0.29) is 11.8 Å². The molecule has 1 unspecified atom stereocenters. The van der Waals surface area contributed by atoms with Crippen LogP contribution in [0.5, 0.6) is 0 Å². The number of piperidine rings is 1. The molecule has 1 fully saturated rings. The minimum absolute atomic E-state index is 0.0586. The van der Waals surface area contributed by atoms with Gasteiger partial charge in [0.05, 0.1) is 16.6 Å². The van der Waals surface area contributed by atoms with E-state index >= 15 is 0 Å². The molecular weight excluding hydrogens is 300 g/mol. The first-order valence-corrected chi connectivity index (χ1v) is 8.37. The number of fused-ring (bicyclic) bond motifs is 1. The zero-order valence-electron chi connectivity index (χ0n) is 13.7. The fourth-order valence-corrected chi connectivity index (χ4v) is 3.33. The van der Waals surface area contributed by atoms with E-state index in [1.165, 1.54) is 0 Å². The number of hydrogen-bond donors (Lipinski definition) is 1. The number of hydrogen-bond acceptors (Lipinski definition) is 3. The maximum Gasteiger partial charge on any atom is 0.255 e. The number of aromatic amines is 1. The maximum absolute atomic E-state index is 12.7. The topological polar surface area (TPSA) is 61.9 Å². The Hall–Kier alpha value is -2.69. The Labute approximate surface area is 140 Å². The Morgan fingerprint density at radius 3 is 2.92 bits per heavy atom. The minimum atomic E-state index is 0.0586. The molecule has 3 aromatic rings. The van der Waals surface area contributed by atoms with Gasteiger partial charge in [0.25, 0.3) is 5.91 Å². The molecule has 1 aliphatic rings. The van der Waals surface area contributed by atoms with E-state index in [1.807, 2.05) is 48.2 Å². The number of nitrogens with one attached hydrogen (secondary N) is 1. The van der Waals surface area contributed by atoms with Crippen LogP contribution in [0.25, 0.3) is 11.0 Å². The third-order valence-corrected chi connectivity index (χ3v) is 4.66. The lowest BCUT2D eigenvalue weighted by atomic mass is 9.97. The summed E-state index contributed by atoms with van der Waals surface area (Å²) in [6, 6.07) is 11.8. The lowest BCUT2D eigenvalue weighted by molar-refractivity contribution is 0.0704. The third kappa shape index (κ3) is 2.77. The van der Waals surface area contributed by atoms with E-state index in [4.69, 9.17) is 4.98 Å². The van der Waals surface area contributed by atoms with E-state index in [2.05, 4.69) is 9.97 Å². The molecule has 1 atom stereocenters. The molecule has 4 rings (SSSR count). The van der Waals surface area contributed by atoms with E-state index in [1.54, 1.807) is 6.20 Å². The number of pyridine rings is 1. The highest BCUT2D eigenvalue weighted by Gasteiger charge is 2.27. The molecule has 24 heavy (non-hydrogen) atoms. The van der Waals surface area contributed by atoms with Crippen LogP contribution in [-0.4, -0.2) is 38.8 Å². The molecule has 5 nitrogen and oxygen atoms in total. The molecule has 5 heteroatoms. The van der Waals surface area contributed by atoms with Gasteiger partial charge in [0, 0.05) is 30.9 Å². The van der Waals surface area contributed by atoms with Crippen LogP contribution < -0.4 is 0 Å². The Bertz CT molecular complexity index is 835. The quantitative estimate of drug-likeness (QED) is 0.788. The monoisotopic (exact) mass is 320 g/mol. The molecule has 1 amide bonds. The summed E-state index contributed by atoms with van der Waals surface area (Å²) in [6.07, 6.45) is 3.71. The number of aromatic nitrogens is 3. The Kier molecular flexibility index (Phi) is 3.76. The second kappa shape index (κ2) is 6.07. The highest BCUT2D eigenvalue weighted by atomic mass is 16.2. The zero-order chi connectivity index (χ0) is 16.5. The van der Waals surface area contributed by atoms with Crippen LogP contribution in [0.3, 0.4) is 0 Å². The van der Waals surface area contributed by atoms with Crippen LogP contribution in [0.15, 0.2) is 42.6 Å². The molecule has 2 aromatic heterocycles. The molecule has 0 aliphatic carbocycles. The number of para-hydroxylation sites is 2. The normalized spacial score (nSPS) is 18.0. The molecule has 1 saturated heterocycles. The summed E-state index contributed by atoms with van der Waals surface area (Å²) in [7, 11) is 0. The van der Waals surface area contributed by atoms with Crippen molar-refractivity contribution in [2.24, 2.45) is 0 Å². The number of nitrogens with zero attached hydrogens (tertiary/aromatic N) is 3. The largest absolute Gasteiger partial charge is 0.342 e. The molecule has 0 radical (unpaired) electrons. The van der Waals surface area contributed by atoms with Crippen molar-refractivity contribution in [2.45, 2.75) is 25.7 Å². The van der Waals surface area contributed by atoms with Crippen molar-refractivity contribution in [1.29, 1.82) is 0 Å². The van der Waals surface area contributed by atoms with Gasteiger partial charge < -0.3 is 9.88 Å². The lowest BCUT2D eigenvalue weighted by Gasteiger charge is -2.31. The first-order valence-electron chi connectivity index (χ1n) is 8.37. The Balaban J connectivity index is 1.54. The van der Waals surface area contributed by atoms with Gasteiger partial charge in [0.15, 0.2) is 0 Å². The van der Waals surface area contributed by atoms with Crippen LogP contribution in [0.2, 0.25) is 0 Å². The number of imidazole rings is 1. The fraction of sp³-hybridized carbons (Fsp3) is 0.316. The highest BCUT2D eigenvalue weighted by molar-refractivity contribution is 5.94. The molecule has 3 heterocycles. The van der Waals surface area contributed by atoms with Gasteiger partial charge in [0.1, 0.15) is 5.82 Å². The van der Waals surface area contributed by atoms with E-state index in [0.29, 0.717) is 12.1 Å². The van der Waals surface area contributed by atoms with Gasteiger partial charge in [-0.2, -0.15) is 0 Å². The first kappa shape index (κ1) is 14.9. The summed E-state index contributed by atoms with van der Waals surface area (Å²) >= 11 is 0. The van der Waals surface area contributed by atoms with Crippen molar-refractivity contribution < 1.29 is 4.79 Å². The summed E-state index contributed by atoms with van der Waals surface area (Å²) in [5.41, 5.74) is 3.62. The zero-order valence-corrected chi connectivity index (χ0v) is 13.7. The second-order valence-corrected chi connectivity index (χ2v) is 6.42. The molecule has 1 aromatic carbocycles. The number of amides is 1. The van der Waals surface area contributed by atoms with E-state index < -0.39 is 0 Å². The summed E-state index contributed by atoms with van der Waals surface area (Å²) in [5.74, 6) is 1.30. The van der Waals surface area contributed by atoms with E-state index in [9.17, 15) is 4.79 Å². The van der Waals surface area contributed by atoms with Crippen LogP contribution in [0.4, 0.5) is 0 Å². The SMILES string of the molecule is Cc1ccc(C(=O)N2CCCC(c3nc4ccccc4[nH]3)C2)cn1. The lowest BCUT2D eigenvalue weighted by Crippen LogP contribution is -2.39. The predicted octanol–water partition coefficient (Wildman–Crippen LogP) is 3.29. The van der Waals surface area contributed by atoms with Crippen molar-refractivity contribution in [3.8, 4) is 0 Å². The van der Waals surface area contributed by atoms with Crippen molar-refractivity contribution in [3.63, 3.8) is 0 Å².